The molecule has 0 bridgehead atoms. The van der Waals surface area contributed by atoms with Crippen LogP contribution in [-0.4, -0.2) is 31.6 Å². The quantitative estimate of drug-likeness (QED) is 0.214. The fourth-order valence-electron chi connectivity index (χ4n) is 4.46. The standard InChI is InChI=1S/C30H24BrF3N6O2/c1-17-27(38-29(42)24-14-26(30(32,33)34)37-25-8-7-22(31)13-23(24)25)18(2)40(39-17)16-20-3-5-21(6-4-20)28(41)36-15-19-9-11-35-12-10-19/h3-14H,15-16H2,1-2H3,(H,36,41)(H,38,42). The highest BCUT2D eigenvalue weighted by Gasteiger charge is 2.34. The summed E-state index contributed by atoms with van der Waals surface area (Å²) in [4.78, 5) is 33.5. The lowest BCUT2D eigenvalue weighted by Gasteiger charge is -2.13. The molecule has 0 saturated heterocycles. The van der Waals surface area contributed by atoms with Crippen molar-refractivity contribution in [3.05, 3.63) is 117 Å². The lowest BCUT2D eigenvalue weighted by atomic mass is 10.1. The van der Waals surface area contributed by atoms with E-state index in [4.69, 9.17) is 0 Å². The van der Waals surface area contributed by atoms with Gasteiger partial charge in [-0.1, -0.05) is 28.1 Å². The first kappa shape index (κ1) is 28.9. The van der Waals surface area contributed by atoms with E-state index in [0.29, 0.717) is 40.2 Å². The number of pyridine rings is 2. The molecule has 0 radical (unpaired) electrons. The minimum Gasteiger partial charge on any atom is -0.348 e. The molecule has 0 atom stereocenters. The van der Waals surface area contributed by atoms with Crippen LogP contribution in [0.15, 0.2) is 77.5 Å². The van der Waals surface area contributed by atoms with Crippen LogP contribution in [-0.2, 0) is 19.3 Å². The first-order valence-corrected chi connectivity index (χ1v) is 13.6. The Morgan fingerprint density at radius 3 is 2.33 bits per heavy atom. The zero-order chi connectivity index (χ0) is 30.0. The van der Waals surface area contributed by atoms with Crippen molar-refractivity contribution < 1.29 is 22.8 Å². The second-order valence-corrected chi connectivity index (χ2v) is 10.5. The summed E-state index contributed by atoms with van der Waals surface area (Å²) in [5.41, 5.74) is 2.58. The summed E-state index contributed by atoms with van der Waals surface area (Å²) < 4.78 is 42.9. The molecule has 214 valence electrons. The van der Waals surface area contributed by atoms with E-state index in [-0.39, 0.29) is 22.4 Å². The predicted octanol–water partition coefficient (Wildman–Crippen LogP) is 6.46. The third-order valence-electron chi connectivity index (χ3n) is 6.68. The summed E-state index contributed by atoms with van der Waals surface area (Å²) in [6, 6.07) is 16.0. The van der Waals surface area contributed by atoms with Gasteiger partial charge in [-0.25, -0.2) is 4.98 Å². The van der Waals surface area contributed by atoms with E-state index in [1.165, 1.54) is 6.07 Å². The number of nitrogens with one attached hydrogen (secondary N) is 2. The minimum absolute atomic E-state index is 0.0526. The van der Waals surface area contributed by atoms with Gasteiger partial charge in [-0.15, -0.1) is 0 Å². The molecule has 12 heteroatoms. The van der Waals surface area contributed by atoms with E-state index >= 15 is 0 Å². The molecule has 0 unspecified atom stereocenters. The van der Waals surface area contributed by atoms with Crippen molar-refractivity contribution in [2.24, 2.45) is 0 Å². The molecule has 0 fully saturated rings. The van der Waals surface area contributed by atoms with Crippen LogP contribution in [0, 0.1) is 13.8 Å². The number of alkyl halides is 3. The van der Waals surface area contributed by atoms with Crippen molar-refractivity contribution in [3.8, 4) is 0 Å². The highest BCUT2D eigenvalue weighted by Crippen LogP contribution is 2.32. The van der Waals surface area contributed by atoms with Gasteiger partial charge in [-0.2, -0.15) is 18.3 Å². The number of aryl methyl sites for hydroxylation is 1. The van der Waals surface area contributed by atoms with Crippen LogP contribution in [0.25, 0.3) is 10.9 Å². The molecule has 0 aliphatic rings. The third kappa shape index (κ3) is 6.33. The lowest BCUT2D eigenvalue weighted by Crippen LogP contribution is -2.22. The number of hydrogen-bond acceptors (Lipinski definition) is 5. The van der Waals surface area contributed by atoms with Crippen molar-refractivity contribution in [2.75, 3.05) is 5.32 Å². The van der Waals surface area contributed by atoms with Crippen molar-refractivity contribution in [2.45, 2.75) is 33.1 Å². The van der Waals surface area contributed by atoms with E-state index in [1.807, 2.05) is 24.3 Å². The Bertz CT molecular complexity index is 1790. The van der Waals surface area contributed by atoms with Crippen molar-refractivity contribution >= 4 is 44.3 Å². The van der Waals surface area contributed by atoms with Crippen LogP contribution in [0.4, 0.5) is 18.9 Å². The Kier molecular flexibility index (Phi) is 8.08. The van der Waals surface area contributed by atoms with Crippen LogP contribution < -0.4 is 10.6 Å². The molecule has 2 amide bonds. The van der Waals surface area contributed by atoms with E-state index in [0.717, 1.165) is 17.2 Å². The highest BCUT2D eigenvalue weighted by atomic mass is 79.9. The third-order valence-corrected chi connectivity index (χ3v) is 7.17. The first-order chi connectivity index (χ1) is 20.0. The number of halogens is 4. The summed E-state index contributed by atoms with van der Waals surface area (Å²) in [6.45, 7) is 4.20. The molecule has 0 aliphatic heterocycles. The zero-order valence-electron chi connectivity index (χ0n) is 22.5. The summed E-state index contributed by atoms with van der Waals surface area (Å²) in [7, 11) is 0. The maximum Gasteiger partial charge on any atom is 0.433 e. The average molecular weight is 637 g/mol. The van der Waals surface area contributed by atoms with Gasteiger partial charge < -0.3 is 10.6 Å². The highest BCUT2D eigenvalue weighted by molar-refractivity contribution is 9.10. The van der Waals surface area contributed by atoms with Gasteiger partial charge in [-0.05, 0) is 73.5 Å². The number of rotatable bonds is 7. The van der Waals surface area contributed by atoms with E-state index < -0.39 is 17.8 Å². The maximum atomic E-state index is 13.5. The van der Waals surface area contributed by atoms with Gasteiger partial charge in [0.25, 0.3) is 11.8 Å². The Morgan fingerprint density at radius 1 is 0.929 bits per heavy atom. The van der Waals surface area contributed by atoms with Crippen molar-refractivity contribution in [1.82, 2.24) is 25.1 Å². The molecular weight excluding hydrogens is 613 g/mol. The Morgan fingerprint density at radius 2 is 1.64 bits per heavy atom. The second kappa shape index (κ2) is 11.7. The van der Waals surface area contributed by atoms with Crippen molar-refractivity contribution in [3.63, 3.8) is 0 Å². The Labute approximate surface area is 247 Å². The maximum absolute atomic E-state index is 13.5. The number of amides is 2. The number of benzene rings is 2. The van der Waals surface area contributed by atoms with Gasteiger partial charge in [-0.3, -0.25) is 19.3 Å². The van der Waals surface area contributed by atoms with E-state index in [1.54, 1.807) is 55.2 Å². The predicted molar refractivity (Wildman–Crippen MR) is 155 cm³/mol. The number of hydrogen-bond donors (Lipinski definition) is 2. The van der Waals surface area contributed by atoms with E-state index in [2.05, 4.69) is 41.6 Å². The van der Waals surface area contributed by atoms with Crippen molar-refractivity contribution in [1.29, 1.82) is 0 Å². The van der Waals surface area contributed by atoms with Gasteiger partial charge in [0, 0.05) is 34.4 Å². The smallest absolute Gasteiger partial charge is 0.348 e. The Balaban J connectivity index is 1.33. The van der Waals surface area contributed by atoms with Crippen LogP contribution >= 0.6 is 15.9 Å². The van der Waals surface area contributed by atoms with E-state index in [9.17, 15) is 22.8 Å². The van der Waals surface area contributed by atoms with Crippen LogP contribution in [0.1, 0.15) is 48.9 Å². The number of carbonyl (C=O) groups is 2. The first-order valence-electron chi connectivity index (χ1n) is 12.8. The molecule has 5 rings (SSSR count). The second-order valence-electron chi connectivity index (χ2n) is 9.61. The van der Waals surface area contributed by atoms with Gasteiger partial charge in [0.15, 0.2) is 0 Å². The molecule has 0 aliphatic carbocycles. The molecule has 3 heterocycles. The average Bonchev–Trinajstić information content (AvgIpc) is 3.22. The molecule has 2 N–H and O–H groups in total. The van der Waals surface area contributed by atoms with Gasteiger partial charge in [0.1, 0.15) is 5.69 Å². The normalized spacial score (nSPS) is 11.5. The Hall–Kier alpha value is -4.58. The fourth-order valence-corrected chi connectivity index (χ4v) is 4.82. The fraction of sp³-hybridized carbons (Fsp3) is 0.167. The zero-order valence-corrected chi connectivity index (χ0v) is 24.0. The topological polar surface area (TPSA) is 102 Å². The minimum atomic E-state index is -4.72. The summed E-state index contributed by atoms with van der Waals surface area (Å²) >= 11 is 3.31. The molecule has 5 aromatic rings. The number of aromatic nitrogens is 4. The summed E-state index contributed by atoms with van der Waals surface area (Å²) in [5, 5.41) is 10.4. The van der Waals surface area contributed by atoms with Crippen LogP contribution in [0.2, 0.25) is 0 Å². The molecule has 42 heavy (non-hydrogen) atoms. The van der Waals surface area contributed by atoms with Crippen LogP contribution in [0.5, 0.6) is 0 Å². The molecule has 0 saturated carbocycles. The van der Waals surface area contributed by atoms with Gasteiger partial charge in [0.05, 0.1) is 34.7 Å². The molecule has 0 spiro atoms. The monoisotopic (exact) mass is 636 g/mol. The largest absolute Gasteiger partial charge is 0.433 e. The number of carbonyl (C=O) groups excluding carboxylic acids is 2. The number of nitrogens with zero attached hydrogens (tertiary/aromatic N) is 4. The summed E-state index contributed by atoms with van der Waals surface area (Å²) in [5.74, 6) is -0.919. The van der Waals surface area contributed by atoms with Gasteiger partial charge >= 0.3 is 6.18 Å². The lowest BCUT2D eigenvalue weighted by molar-refractivity contribution is -0.141. The molecule has 2 aromatic carbocycles. The molecule has 3 aromatic heterocycles. The SMILES string of the molecule is Cc1nn(Cc2ccc(C(=O)NCc3ccncc3)cc2)c(C)c1NC(=O)c1cc(C(F)(F)F)nc2ccc(Br)cc12. The molecular formula is C30H24BrF3N6O2. The number of fused-ring (bicyclic) bond motifs is 1. The summed E-state index contributed by atoms with van der Waals surface area (Å²) in [6.07, 6.45) is -1.39. The molecule has 8 nitrogen and oxygen atoms in total. The van der Waals surface area contributed by atoms with Gasteiger partial charge in [0.2, 0.25) is 0 Å². The van der Waals surface area contributed by atoms with Crippen LogP contribution in [0.3, 0.4) is 0 Å². The number of anilines is 1.